The summed E-state index contributed by atoms with van der Waals surface area (Å²) in [6.45, 7) is 14.2. The summed E-state index contributed by atoms with van der Waals surface area (Å²) in [6, 6.07) is 0. The predicted molar refractivity (Wildman–Crippen MR) is 92.6 cm³/mol. The van der Waals surface area contributed by atoms with Crippen LogP contribution in [-0.4, -0.2) is 21.4 Å². The molecule has 0 aromatic rings. The topological polar surface area (TPSA) is 40.5 Å². The molecule has 0 amide bonds. The second-order valence-corrected chi connectivity index (χ2v) is 8.31. The summed E-state index contributed by atoms with van der Waals surface area (Å²) in [5, 5.41) is 23.1. The predicted octanol–water partition coefficient (Wildman–Crippen LogP) is 4.62. The van der Waals surface area contributed by atoms with Gasteiger partial charge in [0.05, 0.1) is 5.60 Å². The van der Waals surface area contributed by atoms with Gasteiger partial charge in [-0.05, 0) is 49.9 Å². The zero-order valence-electron chi connectivity index (χ0n) is 14.7. The molecule has 4 atom stereocenters. The first-order valence-corrected chi connectivity index (χ1v) is 8.88. The van der Waals surface area contributed by atoms with E-state index in [1.807, 2.05) is 6.08 Å². The number of rotatable bonds is 8. The molecular formula is C20H34O2. The molecule has 2 N–H and O–H groups in total. The van der Waals surface area contributed by atoms with Crippen molar-refractivity contribution in [3.63, 3.8) is 0 Å². The van der Waals surface area contributed by atoms with E-state index in [2.05, 4.69) is 33.9 Å². The summed E-state index contributed by atoms with van der Waals surface area (Å²) in [5.41, 5.74) is -2.29. The number of allylic oxidation sites excluding steroid dienone is 1. The summed E-state index contributed by atoms with van der Waals surface area (Å²) in [5.74, 6) is 0.154. The number of unbranched alkanes of at least 4 members (excludes halogenated alkanes) is 3. The van der Waals surface area contributed by atoms with Crippen molar-refractivity contribution in [2.45, 2.75) is 83.3 Å². The fourth-order valence-electron chi connectivity index (χ4n) is 5.71. The van der Waals surface area contributed by atoms with Gasteiger partial charge in [0.2, 0.25) is 0 Å². The van der Waals surface area contributed by atoms with Gasteiger partial charge < -0.3 is 10.2 Å². The van der Waals surface area contributed by atoms with Gasteiger partial charge in [-0.2, -0.15) is 0 Å². The van der Waals surface area contributed by atoms with Crippen molar-refractivity contribution in [1.82, 2.24) is 0 Å². The molecule has 2 heteroatoms. The van der Waals surface area contributed by atoms with Crippen molar-refractivity contribution in [3.05, 3.63) is 25.3 Å². The molecule has 0 heterocycles. The van der Waals surface area contributed by atoms with E-state index in [1.54, 1.807) is 6.08 Å². The summed E-state index contributed by atoms with van der Waals surface area (Å²) < 4.78 is 0. The van der Waals surface area contributed by atoms with Gasteiger partial charge >= 0.3 is 0 Å². The lowest BCUT2D eigenvalue weighted by Crippen LogP contribution is -2.61. The highest BCUT2D eigenvalue weighted by molar-refractivity contribution is 5.29. The van der Waals surface area contributed by atoms with E-state index < -0.39 is 11.2 Å². The van der Waals surface area contributed by atoms with Crippen LogP contribution in [-0.2, 0) is 0 Å². The number of aliphatic hydroxyl groups is 2. The first-order valence-electron chi connectivity index (χ1n) is 8.88. The minimum Gasteiger partial charge on any atom is -0.386 e. The van der Waals surface area contributed by atoms with Crippen LogP contribution in [0.5, 0.6) is 0 Å². The number of hydrogen-bond acceptors (Lipinski definition) is 2. The average molecular weight is 306 g/mol. The van der Waals surface area contributed by atoms with E-state index in [9.17, 15) is 10.2 Å². The summed E-state index contributed by atoms with van der Waals surface area (Å²) >= 11 is 0. The second-order valence-electron chi connectivity index (χ2n) is 8.31. The lowest BCUT2D eigenvalue weighted by Gasteiger charge is -2.51. The van der Waals surface area contributed by atoms with Crippen LogP contribution in [0.2, 0.25) is 0 Å². The van der Waals surface area contributed by atoms with E-state index in [1.165, 1.54) is 0 Å². The van der Waals surface area contributed by atoms with Gasteiger partial charge in [0, 0.05) is 5.41 Å². The van der Waals surface area contributed by atoms with E-state index in [-0.39, 0.29) is 16.7 Å². The Labute approximate surface area is 136 Å². The van der Waals surface area contributed by atoms with Gasteiger partial charge in [-0.25, -0.2) is 0 Å². The highest BCUT2D eigenvalue weighted by atomic mass is 16.4. The van der Waals surface area contributed by atoms with Crippen LogP contribution < -0.4 is 0 Å². The van der Waals surface area contributed by atoms with E-state index in [0.29, 0.717) is 12.8 Å². The van der Waals surface area contributed by atoms with Crippen LogP contribution in [0.15, 0.2) is 25.3 Å². The Morgan fingerprint density at radius 3 is 2.32 bits per heavy atom. The van der Waals surface area contributed by atoms with Crippen LogP contribution in [0.25, 0.3) is 0 Å². The molecule has 2 rings (SSSR count). The maximum Gasteiger partial charge on any atom is 0.101 e. The van der Waals surface area contributed by atoms with Crippen LogP contribution in [0.4, 0.5) is 0 Å². The SMILES string of the molecule is C=CCCCCC[C@@]1(O)[C@@]2(C)CC[C@@H](C2(C)C)[C@@]1(O)CC=C. The summed E-state index contributed by atoms with van der Waals surface area (Å²) in [6.07, 6.45) is 11.1. The molecule has 2 aliphatic carbocycles. The fraction of sp³-hybridized carbons (Fsp3) is 0.800. The Balaban J connectivity index is 2.25. The normalized spacial score (nSPS) is 42.5. The lowest BCUT2D eigenvalue weighted by atomic mass is 9.60. The first kappa shape index (κ1) is 17.7. The molecule has 0 radical (unpaired) electrons. The molecule has 2 nitrogen and oxygen atoms in total. The van der Waals surface area contributed by atoms with E-state index in [0.717, 1.165) is 38.5 Å². The van der Waals surface area contributed by atoms with Gasteiger partial charge in [0.15, 0.2) is 0 Å². The zero-order valence-corrected chi connectivity index (χ0v) is 14.7. The van der Waals surface area contributed by atoms with Crippen molar-refractivity contribution >= 4 is 0 Å². The third-order valence-electron chi connectivity index (χ3n) is 7.33. The Hall–Kier alpha value is -0.600. The van der Waals surface area contributed by atoms with Crippen molar-refractivity contribution in [3.8, 4) is 0 Å². The third-order valence-corrected chi connectivity index (χ3v) is 7.33. The molecule has 2 saturated carbocycles. The van der Waals surface area contributed by atoms with E-state index in [4.69, 9.17) is 0 Å². The van der Waals surface area contributed by atoms with Crippen molar-refractivity contribution in [2.75, 3.05) is 0 Å². The highest BCUT2D eigenvalue weighted by Crippen LogP contribution is 2.74. The largest absolute Gasteiger partial charge is 0.386 e. The molecule has 2 bridgehead atoms. The molecule has 126 valence electrons. The second kappa shape index (κ2) is 5.79. The van der Waals surface area contributed by atoms with E-state index >= 15 is 0 Å². The monoisotopic (exact) mass is 306 g/mol. The van der Waals surface area contributed by atoms with Gasteiger partial charge in [-0.1, -0.05) is 45.8 Å². The molecule has 0 unspecified atom stereocenters. The quantitative estimate of drug-likeness (QED) is 0.507. The standard InChI is InChI=1S/C20H34O2/c1-6-8-9-10-11-14-20(22)18(5)15-12-16(17(18,3)4)19(20,21)13-7-2/h6-7,16,21-22H,1-2,8-15H2,3-5H3/t16-,18-,19-,20+/m0/s1. The highest BCUT2D eigenvalue weighted by Gasteiger charge is 2.78. The van der Waals surface area contributed by atoms with Gasteiger partial charge in [0.25, 0.3) is 0 Å². The minimum absolute atomic E-state index is 0.0410. The van der Waals surface area contributed by atoms with Gasteiger partial charge in [0.1, 0.15) is 5.60 Å². The molecule has 22 heavy (non-hydrogen) atoms. The molecule has 0 spiro atoms. The molecular weight excluding hydrogens is 272 g/mol. The molecule has 2 fully saturated rings. The molecule has 2 aliphatic rings. The van der Waals surface area contributed by atoms with Crippen LogP contribution in [0.1, 0.15) is 72.1 Å². The summed E-state index contributed by atoms with van der Waals surface area (Å²) in [7, 11) is 0. The Kier molecular flexibility index (Phi) is 4.68. The lowest BCUT2D eigenvalue weighted by molar-refractivity contribution is -0.209. The third kappa shape index (κ3) is 2.06. The van der Waals surface area contributed by atoms with Crippen LogP contribution >= 0.6 is 0 Å². The van der Waals surface area contributed by atoms with Gasteiger partial charge in [-0.3, -0.25) is 0 Å². The molecule has 0 saturated heterocycles. The van der Waals surface area contributed by atoms with Crippen molar-refractivity contribution in [1.29, 1.82) is 0 Å². The molecule has 0 aromatic carbocycles. The molecule has 0 aliphatic heterocycles. The Bertz CT molecular complexity index is 441. The van der Waals surface area contributed by atoms with Crippen molar-refractivity contribution < 1.29 is 10.2 Å². The minimum atomic E-state index is -1.02. The first-order chi connectivity index (χ1) is 10.2. The number of fused-ring (bicyclic) bond motifs is 2. The Morgan fingerprint density at radius 1 is 1.05 bits per heavy atom. The summed E-state index contributed by atoms with van der Waals surface area (Å²) in [4.78, 5) is 0. The fourth-order valence-corrected chi connectivity index (χ4v) is 5.71. The average Bonchev–Trinajstić information content (AvgIpc) is 2.73. The maximum absolute atomic E-state index is 11.7. The van der Waals surface area contributed by atoms with Crippen molar-refractivity contribution in [2.24, 2.45) is 16.7 Å². The zero-order chi connectivity index (χ0) is 16.6. The van der Waals surface area contributed by atoms with Crippen LogP contribution in [0.3, 0.4) is 0 Å². The van der Waals surface area contributed by atoms with Gasteiger partial charge in [-0.15, -0.1) is 13.2 Å². The maximum atomic E-state index is 11.7. The Morgan fingerprint density at radius 2 is 1.73 bits per heavy atom. The number of hydrogen-bond donors (Lipinski definition) is 2. The van der Waals surface area contributed by atoms with Crippen LogP contribution in [0, 0.1) is 16.7 Å². The molecule has 0 aromatic heterocycles. The smallest absolute Gasteiger partial charge is 0.101 e.